The molecule has 1 aliphatic carbocycles. The molecule has 4 rings (SSSR count). The van der Waals surface area contributed by atoms with Crippen molar-refractivity contribution in [3.63, 3.8) is 0 Å². The number of piperazine rings is 1. The maximum atomic E-state index is 13.2. The number of aromatic nitrogens is 1. The van der Waals surface area contributed by atoms with Crippen LogP contribution in [0.1, 0.15) is 43.0 Å². The summed E-state index contributed by atoms with van der Waals surface area (Å²) in [5, 5.41) is 0. The van der Waals surface area contributed by atoms with E-state index in [1.165, 1.54) is 0 Å². The van der Waals surface area contributed by atoms with E-state index in [1.54, 1.807) is 43.4 Å². The molecule has 0 spiro atoms. The van der Waals surface area contributed by atoms with E-state index >= 15 is 0 Å². The van der Waals surface area contributed by atoms with Crippen LogP contribution in [-0.2, 0) is 14.3 Å². The topological polar surface area (TPSA) is 83.1 Å². The second-order valence-electron chi connectivity index (χ2n) is 8.38. The summed E-state index contributed by atoms with van der Waals surface area (Å²) >= 11 is 0. The maximum absolute atomic E-state index is 13.2. The molecule has 0 radical (unpaired) electrons. The molecule has 166 valence electrons. The lowest BCUT2D eigenvalue weighted by Gasteiger charge is -2.48. The van der Waals surface area contributed by atoms with Gasteiger partial charge in [0.25, 0.3) is 11.8 Å². The largest absolute Gasteiger partial charge is 0.462 e. The van der Waals surface area contributed by atoms with Gasteiger partial charge in [-0.05, 0) is 31.9 Å². The van der Waals surface area contributed by atoms with Crippen LogP contribution >= 0.6 is 0 Å². The molecule has 2 fully saturated rings. The third-order valence-corrected chi connectivity index (χ3v) is 6.66. The summed E-state index contributed by atoms with van der Waals surface area (Å²) in [6.45, 7) is 4.23. The Balaban J connectivity index is 1.60. The van der Waals surface area contributed by atoms with Crippen molar-refractivity contribution in [2.75, 3.05) is 39.8 Å². The molecule has 1 aromatic heterocycles. The smallest absolute Gasteiger partial charge is 0.345 e. The number of nitrogens with zero attached hydrogens (tertiary/aromatic N) is 4. The number of amides is 2. The summed E-state index contributed by atoms with van der Waals surface area (Å²) < 4.78 is 5.28. The minimum Gasteiger partial charge on any atom is -0.462 e. The van der Waals surface area contributed by atoms with Gasteiger partial charge in [0.15, 0.2) is 0 Å². The third-order valence-electron chi connectivity index (χ3n) is 6.66. The maximum Gasteiger partial charge on any atom is 0.345 e. The van der Waals surface area contributed by atoms with Gasteiger partial charge in [0.05, 0.1) is 12.2 Å². The van der Waals surface area contributed by atoms with Crippen molar-refractivity contribution in [2.45, 2.75) is 38.6 Å². The molecule has 8 nitrogen and oxygen atoms in total. The first kappa shape index (κ1) is 21.3. The lowest BCUT2D eigenvalue weighted by atomic mass is 9.76. The van der Waals surface area contributed by atoms with E-state index in [0.29, 0.717) is 31.7 Å². The molecule has 31 heavy (non-hydrogen) atoms. The van der Waals surface area contributed by atoms with Crippen LogP contribution in [0.15, 0.2) is 35.8 Å². The number of likely N-dealkylation sites (N-methyl/N-ethyl adjacent to an activating group) is 1. The molecule has 8 heteroatoms. The molecular weight excluding hydrogens is 396 g/mol. The monoisotopic (exact) mass is 426 g/mol. The average molecular weight is 427 g/mol. The molecule has 0 bridgehead atoms. The van der Waals surface area contributed by atoms with Crippen molar-refractivity contribution in [3.8, 4) is 0 Å². The summed E-state index contributed by atoms with van der Waals surface area (Å²) in [6.07, 6.45) is 7.31. The van der Waals surface area contributed by atoms with Gasteiger partial charge in [-0.15, -0.1) is 0 Å². The van der Waals surface area contributed by atoms with Crippen molar-refractivity contribution < 1.29 is 19.1 Å². The standard InChI is InChI=1S/C23H30N4O4/c1-3-31-23(30)19-20(17-8-4-5-9-18(17)25(2)22(19)29)26-11-13-27(14-12-26)21(28)16-7-6-10-24-15-16/h6-7,10,15,17-18H,3-5,8-9,11-14H2,1-2H3. The molecule has 2 amide bonds. The second kappa shape index (κ2) is 9.08. The zero-order valence-electron chi connectivity index (χ0n) is 18.2. The van der Waals surface area contributed by atoms with Gasteiger partial charge in [-0.2, -0.15) is 0 Å². The van der Waals surface area contributed by atoms with Crippen molar-refractivity contribution >= 4 is 17.8 Å². The Morgan fingerprint density at radius 1 is 1.16 bits per heavy atom. The zero-order chi connectivity index (χ0) is 22.0. The molecule has 2 atom stereocenters. The van der Waals surface area contributed by atoms with E-state index in [0.717, 1.165) is 31.4 Å². The molecule has 0 aromatic carbocycles. The Morgan fingerprint density at radius 2 is 1.90 bits per heavy atom. The molecule has 1 aromatic rings. The highest BCUT2D eigenvalue weighted by atomic mass is 16.5. The summed E-state index contributed by atoms with van der Waals surface area (Å²) in [7, 11) is 1.80. The average Bonchev–Trinajstić information content (AvgIpc) is 2.81. The van der Waals surface area contributed by atoms with E-state index in [9.17, 15) is 14.4 Å². The van der Waals surface area contributed by atoms with Gasteiger partial charge < -0.3 is 19.4 Å². The molecule has 2 aliphatic heterocycles. The van der Waals surface area contributed by atoms with Gasteiger partial charge in [-0.1, -0.05) is 12.8 Å². The highest BCUT2D eigenvalue weighted by molar-refractivity contribution is 6.17. The number of rotatable bonds is 4. The summed E-state index contributed by atoms with van der Waals surface area (Å²) in [4.78, 5) is 48.5. The molecular formula is C23H30N4O4. The predicted molar refractivity (Wildman–Crippen MR) is 114 cm³/mol. The Bertz CT molecular complexity index is 877. The molecule has 1 saturated carbocycles. The van der Waals surface area contributed by atoms with Gasteiger partial charge in [0.1, 0.15) is 5.57 Å². The van der Waals surface area contributed by atoms with Gasteiger partial charge in [-0.25, -0.2) is 4.79 Å². The summed E-state index contributed by atoms with van der Waals surface area (Å²) in [5.74, 6) is -0.684. The summed E-state index contributed by atoms with van der Waals surface area (Å²) in [5.41, 5.74) is 1.59. The van der Waals surface area contributed by atoms with Crippen LogP contribution in [0, 0.1) is 5.92 Å². The number of hydrogen-bond donors (Lipinski definition) is 0. The van der Waals surface area contributed by atoms with Crippen LogP contribution in [0.25, 0.3) is 0 Å². The Morgan fingerprint density at radius 3 is 2.58 bits per heavy atom. The number of ether oxygens (including phenoxy) is 1. The zero-order valence-corrected chi connectivity index (χ0v) is 18.2. The van der Waals surface area contributed by atoms with E-state index in [1.807, 2.05) is 4.90 Å². The SMILES string of the molecule is CCOC(=O)C1=C(N2CCN(C(=O)c3cccnc3)CC2)C2CCCCC2N(C)C1=O. The second-order valence-corrected chi connectivity index (χ2v) is 8.38. The minimum absolute atomic E-state index is 0.0395. The highest BCUT2D eigenvalue weighted by Crippen LogP contribution is 2.40. The van der Waals surface area contributed by atoms with E-state index < -0.39 is 5.97 Å². The minimum atomic E-state index is -0.535. The first-order valence-electron chi connectivity index (χ1n) is 11.2. The fraction of sp³-hybridized carbons (Fsp3) is 0.565. The quantitative estimate of drug-likeness (QED) is 0.538. The van der Waals surface area contributed by atoms with Gasteiger partial charge >= 0.3 is 5.97 Å². The van der Waals surface area contributed by atoms with Crippen LogP contribution in [0.2, 0.25) is 0 Å². The van der Waals surface area contributed by atoms with Crippen molar-refractivity contribution in [1.82, 2.24) is 19.7 Å². The first-order valence-corrected chi connectivity index (χ1v) is 11.2. The fourth-order valence-electron chi connectivity index (χ4n) is 5.13. The lowest BCUT2D eigenvalue weighted by Crippen LogP contribution is -2.56. The highest BCUT2D eigenvalue weighted by Gasteiger charge is 2.46. The number of carbonyl (C=O) groups is 3. The van der Waals surface area contributed by atoms with Gasteiger partial charge in [0, 0.05) is 63.3 Å². The summed E-state index contributed by atoms with van der Waals surface area (Å²) in [6, 6.07) is 3.64. The van der Waals surface area contributed by atoms with E-state index in [2.05, 4.69) is 9.88 Å². The molecule has 0 N–H and O–H groups in total. The predicted octanol–water partition coefficient (Wildman–Crippen LogP) is 1.69. The Kier molecular flexibility index (Phi) is 6.25. The number of hydrogen-bond acceptors (Lipinski definition) is 6. The van der Waals surface area contributed by atoms with E-state index in [4.69, 9.17) is 4.74 Å². The van der Waals surface area contributed by atoms with Crippen molar-refractivity contribution in [3.05, 3.63) is 41.4 Å². The van der Waals surface area contributed by atoms with Crippen molar-refractivity contribution in [1.29, 1.82) is 0 Å². The molecule has 3 heterocycles. The third kappa shape index (κ3) is 4.03. The van der Waals surface area contributed by atoms with Crippen LogP contribution < -0.4 is 0 Å². The Labute approximate surface area is 182 Å². The van der Waals surface area contributed by atoms with Gasteiger partial charge in [-0.3, -0.25) is 14.6 Å². The van der Waals surface area contributed by atoms with Crippen LogP contribution in [-0.4, -0.2) is 83.3 Å². The van der Waals surface area contributed by atoms with Crippen molar-refractivity contribution in [2.24, 2.45) is 5.92 Å². The fourth-order valence-corrected chi connectivity index (χ4v) is 5.13. The van der Waals surface area contributed by atoms with Crippen LogP contribution in [0.3, 0.4) is 0 Å². The Hall–Kier alpha value is -2.90. The van der Waals surface area contributed by atoms with Gasteiger partial charge in [0.2, 0.25) is 0 Å². The number of esters is 1. The normalized spacial score (nSPS) is 24.2. The number of carbonyl (C=O) groups excluding carboxylic acids is 3. The van der Waals surface area contributed by atoms with Crippen LogP contribution in [0.5, 0.6) is 0 Å². The molecule has 2 unspecified atom stereocenters. The number of fused-ring (bicyclic) bond motifs is 1. The lowest BCUT2D eigenvalue weighted by molar-refractivity contribution is -0.144. The van der Waals surface area contributed by atoms with E-state index in [-0.39, 0.29) is 36.0 Å². The molecule has 1 saturated heterocycles. The first-order chi connectivity index (χ1) is 15.0. The number of pyridine rings is 1. The molecule has 3 aliphatic rings. The van der Waals surface area contributed by atoms with Crippen LogP contribution in [0.4, 0.5) is 0 Å².